The molecule has 0 unspecified atom stereocenters. The minimum absolute atomic E-state index is 0.250. The van der Waals surface area contributed by atoms with E-state index in [9.17, 15) is 22.0 Å². The summed E-state index contributed by atoms with van der Waals surface area (Å²) in [4.78, 5) is 0. The minimum Gasteiger partial charge on any atom is -0.243 e. The molecule has 0 heterocycles. The SMILES string of the molecule is C=CF.FCC(F)=C(F)F. The van der Waals surface area contributed by atoms with Crippen LogP contribution in [0.5, 0.6) is 0 Å². The molecule has 5 heteroatoms. The van der Waals surface area contributed by atoms with Crippen LogP contribution in [-0.2, 0) is 0 Å². The second-order valence-electron chi connectivity index (χ2n) is 0.953. The summed E-state index contributed by atoms with van der Waals surface area (Å²) >= 11 is 0. The predicted molar refractivity (Wildman–Crippen MR) is 27.6 cm³/mol. The van der Waals surface area contributed by atoms with Crippen molar-refractivity contribution in [2.45, 2.75) is 0 Å². The summed E-state index contributed by atoms with van der Waals surface area (Å²) in [5, 5.41) is 0. The Morgan fingerprint density at radius 2 is 1.60 bits per heavy atom. The minimum atomic E-state index is -2.58. The number of alkyl halides is 1. The van der Waals surface area contributed by atoms with Crippen LogP contribution >= 0.6 is 0 Å². The maximum absolute atomic E-state index is 11.0. The first-order valence-corrected chi connectivity index (χ1v) is 2.06. The van der Waals surface area contributed by atoms with Gasteiger partial charge in [0.2, 0.25) is 0 Å². The van der Waals surface area contributed by atoms with Crippen molar-refractivity contribution >= 4 is 0 Å². The van der Waals surface area contributed by atoms with Crippen LogP contribution in [0.3, 0.4) is 0 Å². The molecule has 0 aromatic carbocycles. The lowest BCUT2D eigenvalue weighted by Gasteiger charge is -1.79. The molecule has 0 aliphatic heterocycles. The fraction of sp³-hybridized carbons (Fsp3) is 0.200. The third-order valence-electron chi connectivity index (χ3n) is 0.322. The lowest BCUT2D eigenvalue weighted by atomic mass is 10.6. The van der Waals surface area contributed by atoms with Gasteiger partial charge in [-0.1, -0.05) is 6.58 Å². The van der Waals surface area contributed by atoms with Gasteiger partial charge in [0.15, 0.2) is 5.83 Å². The van der Waals surface area contributed by atoms with E-state index in [0.29, 0.717) is 0 Å². The number of hydrogen-bond acceptors (Lipinski definition) is 0. The van der Waals surface area contributed by atoms with Gasteiger partial charge >= 0.3 is 6.08 Å². The molecule has 0 atom stereocenters. The highest BCUT2D eigenvalue weighted by Gasteiger charge is 2.00. The molecule has 0 fully saturated rings. The molecular formula is C5H5F5. The van der Waals surface area contributed by atoms with Gasteiger partial charge in [-0.25, -0.2) is 13.2 Å². The molecule has 60 valence electrons. The van der Waals surface area contributed by atoms with Crippen LogP contribution in [0.25, 0.3) is 0 Å². The summed E-state index contributed by atoms with van der Waals surface area (Å²) in [6, 6.07) is 0. The van der Waals surface area contributed by atoms with Gasteiger partial charge in [0.25, 0.3) is 0 Å². The van der Waals surface area contributed by atoms with E-state index in [4.69, 9.17) is 0 Å². The predicted octanol–water partition coefficient (Wildman–Crippen LogP) is 3.13. The van der Waals surface area contributed by atoms with E-state index in [-0.39, 0.29) is 6.33 Å². The average molecular weight is 160 g/mol. The Hall–Kier alpha value is -0.870. The molecule has 0 aromatic heterocycles. The zero-order valence-corrected chi connectivity index (χ0v) is 4.88. The topological polar surface area (TPSA) is 0 Å². The standard InChI is InChI=1S/C3H2F4.C2H3F/c4-1-2(5)3(6)7;1-2-3/h1H2;2H,1H2. The van der Waals surface area contributed by atoms with E-state index in [2.05, 4.69) is 6.58 Å². The zero-order valence-electron chi connectivity index (χ0n) is 4.88. The van der Waals surface area contributed by atoms with Crippen molar-refractivity contribution in [1.29, 1.82) is 0 Å². The van der Waals surface area contributed by atoms with Gasteiger partial charge < -0.3 is 0 Å². The van der Waals surface area contributed by atoms with Crippen LogP contribution in [0, 0.1) is 0 Å². The molecule has 0 saturated carbocycles. The van der Waals surface area contributed by atoms with Gasteiger partial charge in [0.1, 0.15) is 6.67 Å². The average Bonchev–Trinajstić information content (AvgIpc) is 1.88. The third-order valence-corrected chi connectivity index (χ3v) is 0.322. The quantitative estimate of drug-likeness (QED) is 0.517. The van der Waals surface area contributed by atoms with Crippen molar-refractivity contribution in [3.63, 3.8) is 0 Å². The monoisotopic (exact) mass is 160 g/mol. The van der Waals surface area contributed by atoms with Gasteiger partial charge in [0, 0.05) is 0 Å². The molecule has 0 nitrogen and oxygen atoms in total. The lowest BCUT2D eigenvalue weighted by molar-refractivity contribution is 0.348. The summed E-state index contributed by atoms with van der Waals surface area (Å²) in [6.45, 7) is 0.975. The van der Waals surface area contributed by atoms with E-state index in [1.54, 1.807) is 0 Å². The highest BCUT2D eigenvalue weighted by molar-refractivity contribution is 4.90. The van der Waals surface area contributed by atoms with Crippen molar-refractivity contribution in [1.82, 2.24) is 0 Å². The van der Waals surface area contributed by atoms with E-state index in [0.717, 1.165) is 0 Å². The molecule has 10 heavy (non-hydrogen) atoms. The highest BCUT2D eigenvalue weighted by atomic mass is 19.3. The first-order chi connectivity index (χ1) is 4.59. The van der Waals surface area contributed by atoms with Crippen LogP contribution in [0.15, 0.2) is 24.8 Å². The van der Waals surface area contributed by atoms with Gasteiger partial charge in [-0.05, 0) is 0 Å². The Morgan fingerprint density at radius 3 is 1.60 bits per heavy atom. The Kier molecular flexibility index (Phi) is 9.65. The molecule has 0 spiro atoms. The van der Waals surface area contributed by atoms with Crippen LogP contribution < -0.4 is 0 Å². The summed E-state index contributed by atoms with van der Waals surface area (Å²) in [6.07, 6.45) is -2.33. The number of rotatable bonds is 1. The molecule has 0 rings (SSSR count). The summed E-state index contributed by atoms with van der Waals surface area (Å²) in [5.41, 5.74) is 0. The van der Waals surface area contributed by atoms with E-state index >= 15 is 0 Å². The van der Waals surface area contributed by atoms with Gasteiger partial charge in [-0.3, -0.25) is 0 Å². The summed E-state index contributed by atoms with van der Waals surface area (Å²) < 4.78 is 53.2. The normalized spacial score (nSPS) is 7.30. The summed E-state index contributed by atoms with van der Waals surface area (Å²) in [5.74, 6) is -1.99. The molecule has 0 aliphatic carbocycles. The molecule has 0 aromatic rings. The molecule has 0 amide bonds. The highest BCUT2D eigenvalue weighted by Crippen LogP contribution is 2.07. The number of allylic oxidation sites excluding steroid dienone is 1. The Bertz CT molecular complexity index is 113. The zero-order chi connectivity index (χ0) is 8.57. The lowest BCUT2D eigenvalue weighted by Crippen LogP contribution is -1.74. The second kappa shape index (κ2) is 8.13. The van der Waals surface area contributed by atoms with Crippen molar-refractivity contribution in [2.24, 2.45) is 0 Å². The maximum atomic E-state index is 11.0. The van der Waals surface area contributed by atoms with Crippen molar-refractivity contribution in [3.05, 3.63) is 24.8 Å². The Balaban J connectivity index is 0. The van der Waals surface area contributed by atoms with E-state index in [1.165, 1.54) is 0 Å². The van der Waals surface area contributed by atoms with Crippen molar-refractivity contribution in [2.75, 3.05) is 6.67 Å². The molecule has 0 bridgehead atoms. The van der Waals surface area contributed by atoms with Crippen LogP contribution in [0.1, 0.15) is 0 Å². The smallest absolute Gasteiger partial charge is 0.243 e. The van der Waals surface area contributed by atoms with Crippen LogP contribution in [-0.4, -0.2) is 6.67 Å². The van der Waals surface area contributed by atoms with Crippen LogP contribution in [0.2, 0.25) is 0 Å². The van der Waals surface area contributed by atoms with Crippen molar-refractivity contribution in [3.8, 4) is 0 Å². The maximum Gasteiger partial charge on any atom is 0.304 e. The molecule has 0 aliphatic rings. The molecular weight excluding hydrogens is 155 g/mol. The first-order valence-electron chi connectivity index (χ1n) is 2.06. The van der Waals surface area contributed by atoms with Gasteiger partial charge in [-0.15, -0.1) is 0 Å². The molecule has 0 saturated heterocycles. The summed E-state index contributed by atoms with van der Waals surface area (Å²) in [7, 11) is 0. The molecule has 0 radical (unpaired) electrons. The Morgan fingerprint density at radius 1 is 1.30 bits per heavy atom. The second-order valence-corrected chi connectivity index (χ2v) is 0.953. The van der Waals surface area contributed by atoms with Crippen LogP contribution in [0.4, 0.5) is 22.0 Å². The molecule has 0 N–H and O–H groups in total. The fourth-order valence-electron chi connectivity index (χ4n) is 0.0505. The van der Waals surface area contributed by atoms with Crippen molar-refractivity contribution < 1.29 is 22.0 Å². The third kappa shape index (κ3) is 10.2. The van der Waals surface area contributed by atoms with E-state index < -0.39 is 18.6 Å². The fourth-order valence-corrected chi connectivity index (χ4v) is 0.0505. The number of halogens is 5. The first kappa shape index (κ1) is 11.9. The van der Waals surface area contributed by atoms with E-state index in [1.807, 2.05) is 0 Å². The number of hydrogen-bond donors (Lipinski definition) is 0. The Labute approximate surface area is 54.7 Å². The van der Waals surface area contributed by atoms with Gasteiger partial charge in [-0.2, -0.15) is 8.78 Å². The van der Waals surface area contributed by atoms with Gasteiger partial charge in [0.05, 0.1) is 6.33 Å². The largest absolute Gasteiger partial charge is 0.304 e.